The first-order valence-corrected chi connectivity index (χ1v) is 7.79. The van der Waals surface area contributed by atoms with E-state index in [1.54, 1.807) is 36.6 Å². The minimum atomic E-state index is -0.571. The highest BCUT2D eigenvalue weighted by Crippen LogP contribution is 2.16. The van der Waals surface area contributed by atoms with Gasteiger partial charge >= 0.3 is 6.01 Å². The molecule has 2 amide bonds. The topological polar surface area (TPSA) is 84.2 Å². The molecule has 6 nitrogen and oxygen atoms in total. The monoisotopic (exact) mass is 345 g/mol. The van der Waals surface area contributed by atoms with Gasteiger partial charge in [-0.05, 0) is 36.1 Å². The van der Waals surface area contributed by atoms with E-state index in [0.29, 0.717) is 16.1 Å². The molecule has 8 heteroatoms. The maximum atomic E-state index is 13.5. The Labute approximate surface area is 140 Å². The summed E-state index contributed by atoms with van der Waals surface area (Å²) in [5.74, 6) is -1.37. The third-order valence-corrected chi connectivity index (χ3v) is 4.00. The van der Waals surface area contributed by atoms with E-state index in [9.17, 15) is 14.0 Å². The lowest BCUT2D eigenvalue weighted by atomic mass is 10.2. The Morgan fingerprint density at radius 3 is 2.75 bits per heavy atom. The second-order valence-electron chi connectivity index (χ2n) is 4.89. The number of carbonyl (C=O) groups excluding carboxylic acids is 2. The molecule has 3 rings (SSSR count). The zero-order valence-electron chi connectivity index (χ0n) is 12.5. The van der Waals surface area contributed by atoms with Crippen LogP contribution in [0.4, 0.5) is 16.1 Å². The number of benzene rings is 1. The molecule has 2 heterocycles. The molecule has 0 bridgehead atoms. The number of rotatable bonds is 4. The number of aryl methyl sites for hydroxylation is 1. The van der Waals surface area contributed by atoms with Crippen molar-refractivity contribution in [2.75, 3.05) is 10.6 Å². The molecule has 24 heavy (non-hydrogen) atoms. The summed E-state index contributed by atoms with van der Waals surface area (Å²) in [4.78, 5) is 28.3. The Hall–Kier alpha value is -3.00. The van der Waals surface area contributed by atoms with E-state index in [1.165, 1.54) is 17.4 Å². The average molecular weight is 345 g/mol. The van der Waals surface area contributed by atoms with Crippen LogP contribution in [0.15, 0.2) is 46.4 Å². The number of aromatic nitrogens is 1. The van der Waals surface area contributed by atoms with Crippen LogP contribution in [0.2, 0.25) is 0 Å². The number of nitrogens with one attached hydrogen (secondary N) is 2. The normalized spacial score (nSPS) is 10.4. The summed E-state index contributed by atoms with van der Waals surface area (Å²) < 4.78 is 18.5. The number of halogens is 1. The Bertz CT molecular complexity index is 890. The number of nitrogens with zero attached hydrogens (tertiary/aromatic N) is 1. The predicted octanol–water partition coefficient (Wildman–Crippen LogP) is 3.69. The first-order chi connectivity index (χ1) is 11.5. The average Bonchev–Trinajstić information content (AvgIpc) is 3.22. The van der Waals surface area contributed by atoms with Crippen molar-refractivity contribution in [3.8, 4) is 0 Å². The molecule has 0 aliphatic carbocycles. The van der Waals surface area contributed by atoms with E-state index in [-0.39, 0.29) is 17.6 Å². The molecule has 0 aliphatic rings. The molecular weight excluding hydrogens is 333 g/mol. The molecule has 0 atom stereocenters. The number of amides is 2. The van der Waals surface area contributed by atoms with E-state index in [0.717, 1.165) is 6.26 Å². The lowest BCUT2D eigenvalue weighted by Gasteiger charge is -2.04. The third kappa shape index (κ3) is 3.49. The number of anilines is 2. The minimum absolute atomic E-state index is 0.0301. The smallest absolute Gasteiger partial charge is 0.302 e. The van der Waals surface area contributed by atoms with E-state index < -0.39 is 11.7 Å². The van der Waals surface area contributed by atoms with Crippen molar-refractivity contribution in [1.82, 2.24) is 4.98 Å². The fraction of sp³-hybridized carbons (Fsp3) is 0.0625. The van der Waals surface area contributed by atoms with Gasteiger partial charge in [-0.15, -0.1) is 11.3 Å². The van der Waals surface area contributed by atoms with Crippen LogP contribution in [0.3, 0.4) is 0 Å². The number of hydrogen-bond acceptors (Lipinski definition) is 5. The highest BCUT2D eigenvalue weighted by atomic mass is 32.1. The molecule has 122 valence electrons. The van der Waals surface area contributed by atoms with Gasteiger partial charge < -0.3 is 9.73 Å². The standard InChI is InChI=1S/C16H12FN3O3S/c1-9-4-5-10(7-11(9)17)18-14(21)12-8-23-16(19-12)20-15(22)13-3-2-6-24-13/h2-8H,1H3,(H,18,21)(H,19,20,22). The molecule has 2 N–H and O–H groups in total. The predicted molar refractivity (Wildman–Crippen MR) is 87.9 cm³/mol. The summed E-state index contributed by atoms with van der Waals surface area (Å²) in [6.07, 6.45) is 1.11. The Kier molecular flexibility index (Phi) is 4.39. The summed E-state index contributed by atoms with van der Waals surface area (Å²) in [5.41, 5.74) is 0.751. The molecule has 1 aromatic carbocycles. The van der Waals surface area contributed by atoms with E-state index in [2.05, 4.69) is 15.6 Å². The van der Waals surface area contributed by atoms with Gasteiger partial charge in [0.1, 0.15) is 12.1 Å². The van der Waals surface area contributed by atoms with Gasteiger partial charge in [0.25, 0.3) is 11.8 Å². The number of hydrogen-bond donors (Lipinski definition) is 2. The second-order valence-corrected chi connectivity index (χ2v) is 5.84. The van der Waals surface area contributed by atoms with Gasteiger partial charge in [-0.25, -0.2) is 4.39 Å². The highest BCUT2D eigenvalue weighted by molar-refractivity contribution is 7.12. The molecular formula is C16H12FN3O3S. The van der Waals surface area contributed by atoms with Crippen LogP contribution in [0.1, 0.15) is 25.7 Å². The first kappa shape index (κ1) is 15.9. The molecule has 2 aromatic heterocycles. The summed E-state index contributed by atoms with van der Waals surface area (Å²) in [7, 11) is 0. The molecule has 0 spiro atoms. The quantitative estimate of drug-likeness (QED) is 0.755. The van der Waals surface area contributed by atoms with Crippen molar-refractivity contribution < 1.29 is 18.4 Å². The molecule has 0 unspecified atom stereocenters. The van der Waals surface area contributed by atoms with Gasteiger partial charge in [0.05, 0.1) is 4.88 Å². The molecule has 0 fully saturated rings. The molecule has 0 radical (unpaired) electrons. The fourth-order valence-corrected chi connectivity index (χ4v) is 2.49. The summed E-state index contributed by atoms with van der Waals surface area (Å²) >= 11 is 1.27. The maximum Gasteiger partial charge on any atom is 0.302 e. The third-order valence-electron chi connectivity index (χ3n) is 3.13. The number of oxazole rings is 1. The van der Waals surface area contributed by atoms with Gasteiger partial charge in [-0.1, -0.05) is 12.1 Å². The first-order valence-electron chi connectivity index (χ1n) is 6.91. The van der Waals surface area contributed by atoms with E-state index >= 15 is 0 Å². The molecule has 3 aromatic rings. The van der Waals surface area contributed by atoms with Crippen molar-refractivity contribution in [1.29, 1.82) is 0 Å². The van der Waals surface area contributed by atoms with Crippen molar-refractivity contribution in [2.24, 2.45) is 0 Å². The van der Waals surface area contributed by atoms with E-state index in [4.69, 9.17) is 4.42 Å². The lowest BCUT2D eigenvalue weighted by molar-refractivity contribution is 0.101. The largest absolute Gasteiger partial charge is 0.431 e. The van der Waals surface area contributed by atoms with Crippen LogP contribution in [-0.4, -0.2) is 16.8 Å². The van der Waals surface area contributed by atoms with Crippen molar-refractivity contribution in [3.63, 3.8) is 0 Å². The second kappa shape index (κ2) is 6.63. The Morgan fingerprint density at radius 1 is 1.21 bits per heavy atom. The van der Waals surface area contributed by atoms with Crippen LogP contribution in [0.25, 0.3) is 0 Å². The Balaban J connectivity index is 1.67. The SMILES string of the molecule is Cc1ccc(NC(=O)c2coc(NC(=O)c3cccs3)n2)cc1F. The number of thiophene rings is 1. The van der Waals surface area contributed by atoms with Gasteiger partial charge in [0.2, 0.25) is 0 Å². The van der Waals surface area contributed by atoms with Gasteiger partial charge in [-0.3, -0.25) is 14.9 Å². The van der Waals surface area contributed by atoms with Crippen molar-refractivity contribution in [3.05, 3.63) is 63.9 Å². The van der Waals surface area contributed by atoms with Gasteiger partial charge in [0, 0.05) is 5.69 Å². The zero-order valence-corrected chi connectivity index (χ0v) is 13.3. The van der Waals surface area contributed by atoms with E-state index in [1.807, 2.05) is 0 Å². The summed E-state index contributed by atoms with van der Waals surface area (Å²) in [6, 6.07) is 7.66. The fourth-order valence-electron chi connectivity index (χ4n) is 1.87. The van der Waals surface area contributed by atoms with Crippen LogP contribution < -0.4 is 10.6 Å². The maximum absolute atomic E-state index is 13.5. The van der Waals surface area contributed by atoms with Crippen LogP contribution >= 0.6 is 11.3 Å². The molecule has 0 saturated heterocycles. The molecule has 0 saturated carbocycles. The highest BCUT2D eigenvalue weighted by Gasteiger charge is 2.15. The number of carbonyl (C=O) groups is 2. The van der Waals surface area contributed by atoms with Gasteiger partial charge in [0.15, 0.2) is 5.69 Å². The van der Waals surface area contributed by atoms with Crippen LogP contribution in [0, 0.1) is 12.7 Å². The zero-order chi connectivity index (χ0) is 17.1. The summed E-state index contributed by atoms with van der Waals surface area (Å²) in [6.45, 7) is 1.63. The van der Waals surface area contributed by atoms with Crippen molar-refractivity contribution in [2.45, 2.75) is 6.92 Å². The molecule has 0 aliphatic heterocycles. The van der Waals surface area contributed by atoms with Gasteiger partial charge in [-0.2, -0.15) is 4.98 Å². The van der Waals surface area contributed by atoms with Crippen LogP contribution in [-0.2, 0) is 0 Å². The van der Waals surface area contributed by atoms with Crippen molar-refractivity contribution >= 4 is 34.9 Å². The van der Waals surface area contributed by atoms with Crippen LogP contribution in [0.5, 0.6) is 0 Å². The Morgan fingerprint density at radius 2 is 2.04 bits per heavy atom. The lowest BCUT2D eigenvalue weighted by Crippen LogP contribution is -2.14. The minimum Gasteiger partial charge on any atom is -0.431 e. The summed E-state index contributed by atoms with van der Waals surface area (Å²) in [5, 5.41) is 6.73.